The predicted octanol–water partition coefficient (Wildman–Crippen LogP) is 22.3. The van der Waals surface area contributed by atoms with Gasteiger partial charge in [0.25, 0.3) is 0 Å². The molecular formula is C76H148O17P2. The van der Waals surface area contributed by atoms with Gasteiger partial charge in [-0.15, -0.1) is 0 Å². The van der Waals surface area contributed by atoms with Gasteiger partial charge in [-0.25, -0.2) is 9.13 Å². The second kappa shape index (κ2) is 67.9. The minimum Gasteiger partial charge on any atom is -0.462 e. The van der Waals surface area contributed by atoms with Crippen molar-refractivity contribution in [1.29, 1.82) is 0 Å². The Balaban J connectivity index is 5.21. The lowest BCUT2D eigenvalue weighted by Crippen LogP contribution is -2.30. The summed E-state index contributed by atoms with van der Waals surface area (Å²) >= 11 is 0. The summed E-state index contributed by atoms with van der Waals surface area (Å²) in [5.74, 6) is -0.722. The maximum Gasteiger partial charge on any atom is 0.472 e. The molecule has 0 radical (unpaired) electrons. The van der Waals surface area contributed by atoms with Crippen LogP contribution in [0.3, 0.4) is 0 Å². The highest BCUT2D eigenvalue weighted by Gasteiger charge is 2.30. The molecule has 0 fully saturated rings. The number of hydrogen-bond acceptors (Lipinski definition) is 15. The molecule has 95 heavy (non-hydrogen) atoms. The van der Waals surface area contributed by atoms with Crippen molar-refractivity contribution >= 4 is 39.5 Å². The van der Waals surface area contributed by atoms with E-state index in [-0.39, 0.29) is 25.7 Å². The zero-order valence-corrected chi connectivity index (χ0v) is 63.8. The summed E-state index contributed by atoms with van der Waals surface area (Å²) in [6.07, 6.45) is 55.8. The van der Waals surface area contributed by atoms with Crippen molar-refractivity contribution < 1.29 is 80.2 Å². The average Bonchev–Trinajstić information content (AvgIpc) is 1.43. The number of ether oxygens (including phenoxy) is 4. The SMILES string of the molecule is CCCCCCCCCCCCCCCCCCCCCC(=O)O[C@H](COC(=O)CCCCCCCCCCCCCCCCCC)COP(=O)(O)OC[C@@H](O)COP(=O)(O)OC[C@@H](COC(=O)CCCCCCCCC(C)C)OC(=O)CCCCCCCCCCC(C)C. The number of aliphatic hydroxyl groups is 1. The number of carbonyl (C=O) groups excluding carboxylic acids is 4. The van der Waals surface area contributed by atoms with E-state index in [1.807, 2.05) is 0 Å². The van der Waals surface area contributed by atoms with Crippen LogP contribution in [-0.2, 0) is 65.4 Å². The van der Waals surface area contributed by atoms with Gasteiger partial charge in [-0.05, 0) is 37.5 Å². The Kier molecular flexibility index (Phi) is 66.5. The van der Waals surface area contributed by atoms with Crippen LogP contribution >= 0.6 is 15.6 Å². The summed E-state index contributed by atoms with van der Waals surface area (Å²) in [7, 11) is -9.91. The molecule has 2 unspecified atom stereocenters. The first-order chi connectivity index (χ1) is 45.9. The van der Waals surface area contributed by atoms with Gasteiger partial charge in [0.1, 0.15) is 19.3 Å². The quantitative estimate of drug-likeness (QED) is 0.0222. The van der Waals surface area contributed by atoms with E-state index >= 15 is 0 Å². The molecule has 0 heterocycles. The molecule has 5 atom stereocenters. The number of phosphoric ester groups is 2. The van der Waals surface area contributed by atoms with Crippen LogP contribution in [0.4, 0.5) is 0 Å². The molecule has 0 rings (SSSR count). The monoisotopic (exact) mass is 1400 g/mol. The molecule has 0 aliphatic heterocycles. The van der Waals surface area contributed by atoms with E-state index < -0.39 is 97.5 Å². The van der Waals surface area contributed by atoms with Crippen molar-refractivity contribution in [2.45, 2.75) is 413 Å². The highest BCUT2D eigenvalue weighted by molar-refractivity contribution is 7.47. The number of esters is 4. The Morgan fingerprint density at radius 2 is 0.484 bits per heavy atom. The van der Waals surface area contributed by atoms with Gasteiger partial charge in [0.15, 0.2) is 12.2 Å². The van der Waals surface area contributed by atoms with Gasteiger partial charge in [0.05, 0.1) is 26.4 Å². The first-order valence-corrected chi connectivity index (χ1v) is 42.5. The summed E-state index contributed by atoms with van der Waals surface area (Å²) in [6.45, 7) is 9.47. The van der Waals surface area contributed by atoms with Crippen molar-refractivity contribution in [2.24, 2.45) is 11.8 Å². The van der Waals surface area contributed by atoms with Crippen molar-refractivity contribution in [3.05, 3.63) is 0 Å². The van der Waals surface area contributed by atoms with Gasteiger partial charge in [-0.3, -0.25) is 37.3 Å². The number of aliphatic hydroxyl groups excluding tert-OH is 1. The van der Waals surface area contributed by atoms with E-state index in [4.69, 9.17) is 37.0 Å². The molecule has 564 valence electrons. The molecule has 0 aromatic heterocycles. The van der Waals surface area contributed by atoms with E-state index in [9.17, 15) is 43.2 Å². The molecule has 0 aliphatic carbocycles. The molecule has 19 heteroatoms. The van der Waals surface area contributed by atoms with Gasteiger partial charge >= 0.3 is 39.5 Å². The van der Waals surface area contributed by atoms with Gasteiger partial charge < -0.3 is 33.8 Å². The molecule has 0 saturated carbocycles. The molecule has 0 spiro atoms. The van der Waals surface area contributed by atoms with Crippen molar-refractivity contribution in [1.82, 2.24) is 0 Å². The Morgan fingerprint density at radius 3 is 0.716 bits per heavy atom. The average molecular weight is 1400 g/mol. The van der Waals surface area contributed by atoms with Crippen LogP contribution in [0.1, 0.15) is 395 Å². The fourth-order valence-electron chi connectivity index (χ4n) is 11.7. The second-order valence-corrected chi connectivity index (χ2v) is 31.3. The van der Waals surface area contributed by atoms with E-state index in [0.717, 1.165) is 102 Å². The summed E-state index contributed by atoms with van der Waals surface area (Å²) in [5, 5.41) is 10.6. The van der Waals surface area contributed by atoms with Crippen LogP contribution in [0.5, 0.6) is 0 Å². The topological polar surface area (TPSA) is 237 Å². The molecule has 0 aliphatic rings. The summed E-state index contributed by atoms with van der Waals surface area (Å²) < 4.78 is 68.5. The third kappa shape index (κ3) is 70.3. The molecule has 3 N–H and O–H groups in total. The lowest BCUT2D eigenvalue weighted by molar-refractivity contribution is -0.161. The number of carbonyl (C=O) groups is 4. The molecule has 0 saturated heterocycles. The number of rotatable bonds is 75. The summed E-state index contributed by atoms with van der Waals surface area (Å²) in [5.41, 5.74) is 0. The minimum atomic E-state index is -4.96. The van der Waals surface area contributed by atoms with E-state index in [1.54, 1.807) is 0 Å². The van der Waals surface area contributed by atoms with Crippen LogP contribution in [0.25, 0.3) is 0 Å². The number of hydrogen-bond donors (Lipinski definition) is 3. The lowest BCUT2D eigenvalue weighted by atomic mass is 10.0. The number of phosphoric acid groups is 2. The van der Waals surface area contributed by atoms with E-state index in [1.165, 1.54) is 205 Å². The zero-order chi connectivity index (χ0) is 70.0. The second-order valence-electron chi connectivity index (χ2n) is 28.3. The molecule has 0 amide bonds. The summed E-state index contributed by atoms with van der Waals surface area (Å²) in [4.78, 5) is 72.7. The largest absolute Gasteiger partial charge is 0.472 e. The lowest BCUT2D eigenvalue weighted by Gasteiger charge is -2.21. The predicted molar refractivity (Wildman–Crippen MR) is 386 cm³/mol. The van der Waals surface area contributed by atoms with Gasteiger partial charge in [0.2, 0.25) is 0 Å². The van der Waals surface area contributed by atoms with Crippen molar-refractivity contribution in [3.8, 4) is 0 Å². The fourth-order valence-corrected chi connectivity index (χ4v) is 13.2. The fraction of sp³-hybridized carbons (Fsp3) is 0.947. The van der Waals surface area contributed by atoms with Gasteiger partial charge in [-0.1, -0.05) is 343 Å². The maximum absolute atomic E-state index is 13.1. The summed E-state index contributed by atoms with van der Waals surface area (Å²) in [6, 6.07) is 0. The van der Waals surface area contributed by atoms with Crippen LogP contribution in [-0.4, -0.2) is 96.7 Å². The smallest absolute Gasteiger partial charge is 0.462 e. The third-order valence-electron chi connectivity index (χ3n) is 17.7. The Labute approximate surface area is 581 Å². The standard InChI is InChI=1S/C76H148O17P2/c1-7-9-11-13-15-17-19-21-23-25-26-27-29-31-33-35-40-48-54-60-75(80)92-71(64-86-73(78)58-52-46-39-34-32-30-28-24-22-20-18-16-14-12-10-8-2)66-90-94(82,83)88-62-70(77)63-89-95(84,85)91-67-72(65-87-74(79)59-53-47-43-42-45-51-57-69(5)6)93-76(81)61-55-49-41-37-36-38-44-50-56-68(3)4/h68-72,77H,7-67H2,1-6H3,(H,82,83)(H,84,85)/t70-,71-,72-/m1/s1. The highest BCUT2D eigenvalue weighted by Crippen LogP contribution is 2.45. The highest BCUT2D eigenvalue weighted by atomic mass is 31.2. The molecule has 0 aromatic carbocycles. The first-order valence-electron chi connectivity index (χ1n) is 39.5. The Bertz CT molecular complexity index is 1840. The maximum atomic E-state index is 13.1. The van der Waals surface area contributed by atoms with E-state index in [2.05, 4.69) is 41.5 Å². The first kappa shape index (κ1) is 93.1. The zero-order valence-electron chi connectivity index (χ0n) is 62.0. The van der Waals surface area contributed by atoms with Crippen LogP contribution in [0, 0.1) is 11.8 Å². The minimum absolute atomic E-state index is 0.104. The van der Waals surface area contributed by atoms with E-state index in [0.29, 0.717) is 31.6 Å². The molecule has 17 nitrogen and oxygen atoms in total. The van der Waals surface area contributed by atoms with Crippen molar-refractivity contribution in [2.75, 3.05) is 39.6 Å². The third-order valence-corrected chi connectivity index (χ3v) is 19.6. The Hall–Kier alpha value is -1.94. The van der Waals surface area contributed by atoms with Crippen LogP contribution in [0.2, 0.25) is 0 Å². The van der Waals surface area contributed by atoms with Crippen molar-refractivity contribution in [3.63, 3.8) is 0 Å². The normalized spacial score (nSPS) is 14.0. The molecule has 0 bridgehead atoms. The van der Waals surface area contributed by atoms with Crippen LogP contribution < -0.4 is 0 Å². The molecule has 0 aromatic rings. The van der Waals surface area contributed by atoms with Gasteiger partial charge in [-0.2, -0.15) is 0 Å². The van der Waals surface area contributed by atoms with Gasteiger partial charge in [0, 0.05) is 25.7 Å². The molecular weight excluding hydrogens is 1250 g/mol. The number of unbranched alkanes of at least 4 members (excludes halogenated alkanes) is 45. The van der Waals surface area contributed by atoms with Crippen LogP contribution in [0.15, 0.2) is 0 Å². The Morgan fingerprint density at radius 1 is 0.284 bits per heavy atom.